The molecule has 0 saturated carbocycles. The average Bonchev–Trinajstić information content (AvgIpc) is 2.70. The van der Waals surface area contributed by atoms with E-state index in [1.54, 1.807) is 12.1 Å². The number of hydrogen-bond donors (Lipinski definition) is 1. The summed E-state index contributed by atoms with van der Waals surface area (Å²) < 4.78 is 32.6. The van der Waals surface area contributed by atoms with Gasteiger partial charge in [0.2, 0.25) is 0 Å². The average molecular weight is 367 g/mol. The monoisotopic (exact) mass is 367 g/mol. The Kier molecular flexibility index (Phi) is 5.07. The summed E-state index contributed by atoms with van der Waals surface area (Å²) in [6.07, 6.45) is 6.53. The number of aromatic nitrogens is 2. The Morgan fingerprint density at radius 2 is 1.89 bits per heavy atom. The SMILES string of the molecule is Fc1cccc(F)c1Oc1ccc(CN[C@@H]2CCCc3cccnc32)nc1. The van der Waals surface area contributed by atoms with Gasteiger partial charge in [-0.2, -0.15) is 0 Å². The molecule has 2 heterocycles. The normalized spacial score (nSPS) is 16.0. The molecule has 27 heavy (non-hydrogen) atoms. The number of fused-ring (bicyclic) bond motifs is 1. The molecule has 4 rings (SSSR count). The molecular weight excluding hydrogens is 348 g/mol. The zero-order valence-corrected chi connectivity index (χ0v) is 14.7. The molecule has 0 unspecified atom stereocenters. The number of para-hydroxylation sites is 1. The summed E-state index contributed by atoms with van der Waals surface area (Å²) in [7, 11) is 0. The quantitative estimate of drug-likeness (QED) is 0.709. The van der Waals surface area contributed by atoms with Gasteiger partial charge in [0.1, 0.15) is 5.75 Å². The smallest absolute Gasteiger partial charge is 0.198 e. The molecule has 0 fully saturated rings. The molecule has 6 heteroatoms. The summed E-state index contributed by atoms with van der Waals surface area (Å²) >= 11 is 0. The highest BCUT2D eigenvalue weighted by atomic mass is 19.1. The van der Waals surface area contributed by atoms with Crippen LogP contribution in [0.5, 0.6) is 11.5 Å². The van der Waals surface area contributed by atoms with Crippen LogP contribution >= 0.6 is 0 Å². The summed E-state index contributed by atoms with van der Waals surface area (Å²) in [4.78, 5) is 8.84. The third kappa shape index (κ3) is 3.95. The first-order valence-corrected chi connectivity index (χ1v) is 8.94. The Morgan fingerprint density at radius 1 is 1.04 bits per heavy atom. The highest BCUT2D eigenvalue weighted by Gasteiger charge is 2.20. The summed E-state index contributed by atoms with van der Waals surface area (Å²) in [5, 5.41) is 3.50. The van der Waals surface area contributed by atoms with Gasteiger partial charge in [0.05, 0.1) is 23.6 Å². The number of hydrogen-bond acceptors (Lipinski definition) is 4. The van der Waals surface area contributed by atoms with E-state index in [4.69, 9.17) is 4.74 Å². The van der Waals surface area contributed by atoms with Crippen LogP contribution in [0.2, 0.25) is 0 Å². The van der Waals surface area contributed by atoms with Crippen molar-refractivity contribution in [2.75, 3.05) is 0 Å². The van der Waals surface area contributed by atoms with E-state index in [0.717, 1.165) is 42.8 Å². The van der Waals surface area contributed by atoms with Crippen molar-refractivity contribution in [3.8, 4) is 11.5 Å². The highest BCUT2D eigenvalue weighted by Crippen LogP contribution is 2.29. The number of aryl methyl sites for hydroxylation is 1. The molecule has 1 aliphatic rings. The van der Waals surface area contributed by atoms with Crippen molar-refractivity contribution in [3.05, 3.63) is 83.4 Å². The molecule has 0 spiro atoms. The molecule has 1 N–H and O–H groups in total. The van der Waals surface area contributed by atoms with Crippen LogP contribution in [0, 0.1) is 11.6 Å². The van der Waals surface area contributed by atoms with E-state index in [9.17, 15) is 8.78 Å². The molecule has 1 aliphatic carbocycles. The van der Waals surface area contributed by atoms with Crippen molar-refractivity contribution in [1.29, 1.82) is 0 Å². The number of rotatable bonds is 5. The van der Waals surface area contributed by atoms with E-state index >= 15 is 0 Å². The van der Waals surface area contributed by atoms with Crippen molar-refractivity contribution in [2.24, 2.45) is 0 Å². The second-order valence-electron chi connectivity index (χ2n) is 6.51. The van der Waals surface area contributed by atoms with E-state index in [-0.39, 0.29) is 11.8 Å². The lowest BCUT2D eigenvalue weighted by molar-refractivity contribution is 0.405. The zero-order valence-electron chi connectivity index (χ0n) is 14.7. The second kappa shape index (κ2) is 7.80. The Hall–Kier alpha value is -2.86. The fourth-order valence-corrected chi connectivity index (χ4v) is 3.31. The van der Waals surface area contributed by atoms with Gasteiger partial charge in [-0.25, -0.2) is 8.78 Å². The summed E-state index contributed by atoms with van der Waals surface area (Å²) in [5.41, 5.74) is 3.23. The van der Waals surface area contributed by atoms with Crippen molar-refractivity contribution >= 4 is 0 Å². The van der Waals surface area contributed by atoms with Gasteiger partial charge in [0, 0.05) is 12.7 Å². The molecule has 138 valence electrons. The van der Waals surface area contributed by atoms with Gasteiger partial charge in [-0.3, -0.25) is 9.97 Å². The number of nitrogens with zero attached hydrogens (tertiary/aromatic N) is 2. The van der Waals surface area contributed by atoms with Crippen LogP contribution in [-0.2, 0) is 13.0 Å². The predicted octanol–water partition coefficient (Wildman–Crippen LogP) is 4.71. The van der Waals surface area contributed by atoms with Gasteiger partial charge in [-0.1, -0.05) is 12.1 Å². The van der Waals surface area contributed by atoms with Crippen molar-refractivity contribution in [1.82, 2.24) is 15.3 Å². The van der Waals surface area contributed by atoms with Crippen LogP contribution < -0.4 is 10.1 Å². The van der Waals surface area contributed by atoms with Crippen molar-refractivity contribution < 1.29 is 13.5 Å². The van der Waals surface area contributed by atoms with Gasteiger partial charge < -0.3 is 10.1 Å². The van der Waals surface area contributed by atoms with Crippen LogP contribution in [0.3, 0.4) is 0 Å². The van der Waals surface area contributed by atoms with Gasteiger partial charge in [0.25, 0.3) is 0 Å². The van der Waals surface area contributed by atoms with Crippen LogP contribution in [0.25, 0.3) is 0 Å². The summed E-state index contributed by atoms with van der Waals surface area (Å²) in [5.74, 6) is -1.63. The maximum Gasteiger partial charge on any atom is 0.198 e. The molecule has 0 saturated heterocycles. The maximum atomic E-state index is 13.7. The minimum atomic E-state index is -0.746. The van der Waals surface area contributed by atoms with Crippen molar-refractivity contribution in [2.45, 2.75) is 31.8 Å². The third-order valence-corrected chi connectivity index (χ3v) is 4.66. The molecule has 1 aromatic carbocycles. The first-order chi connectivity index (χ1) is 13.2. The molecule has 3 aromatic rings. The molecule has 2 aromatic heterocycles. The number of nitrogens with one attached hydrogen (secondary N) is 1. The number of pyridine rings is 2. The number of halogens is 2. The van der Waals surface area contributed by atoms with Crippen LogP contribution in [0.1, 0.15) is 35.8 Å². The van der Waals surface area contributed by atoms with E-state index in [1.807, 2.05) is 12.3 Å². The molecule has 4 nitrogen and oxygen atoms in total. The second-order valence-corrected chi connectivity index (χ2v) is 6.51. The minimum Gasteiger partial charge on any atom is -0.450 e. The fraction of sp³-hybridized carbons (Fsp3) is 0.238. The highest BCUT2D eigenvalue weighted by molar-refractivity contribution is 5.32. The Balaban J connectivity index is 1.40. The van der Waals surface area contributed by atoms with Crippen LogP contribution in [0.15, 0.2) is 54.9 Å². The van der Waals surface area contributed by atoms with Crippen molar-refractivity contribution in [3.63, 3.8) is 0 Å². The first kappa shape index (κ1) is 17.5. The largest absolute Gasteiger partial charge is 0.450 e. The standard InChI is InChI=1S/C21H19F2N3O/c22-17-6-2-7-18(23)21(17)27-16-10-9-15(25-13-16)12-26-19-8-1-4-14-5-3-11-24-20(14)19/h2-3,5-7,9-11,13,19,26H,1,4,8,12H2/t19-/m1/s1. The maximum absolute atomic E-state index is 13.7. The van der Waals surface area contributed by atoms with Gasteiger partial charge >= 0.3 is 0 Å². The predicted molar refractivity (Wildman–Crippen MR) is 97.4 cm³/mol. The molecule has 0 aliphatic heterocycles. The summed E-state index contributed by atoms with van der Waals surface area (Å²) in [6, 6.07) is 11.3. The lowest BCUT2D eigenvalue weighted by Crippen LogP contribution is -2.26. The lowest BCUT2D eigenvalue weighted by atomic mass is 9.92. The number of benzene rings is 1. The molecular formula is C21H19F2N3O. The van der Waals surface area contributed by atoms with E-state index in [2.05, 4.69) is 21.4 Å². The van der Waals surface area contributed by atoms with Crippen LogP contribution in [-0.4, -0.2) is 9.97 Å². The fourth-order valence-electron chi connectivity index (χ4n) is 3.31. The summed E-state index contributed by atoms with van der Waals surface area (Å²) in [6.45, 7) is 0.578. The van der Waals surface area contributed by atoms with E-state index in [1.165, 1.54) is 17.8 Å². The lowest BCUT2D eigenvalue weighted by Gasteiger charge is -2.25. The Morgan fingerprint density at radius 3 is 2.67 bits per heavy atom. The first-order valence-electron chi connectivity index (χ1n) is 8.94. The molecule has 0 bridgehead atoms. The zero-order chi connectivity index (χ0) is 18.6. The minimum absolute atomic E-state index is 0.209. The Labute approximate surface area is 156 Å². The molecule has 0 radical (unpaired) electrons. The van der Waals surface area contributed by atoms with Gasteiger partial charge in [-0.15, -0.1) is 0 Å². The molecule has 1 atom stereocenters. The van der Waals surface area contributed by atoms with Gasteiger partial charge in [0.15, 0.2) is 17.4 Å². The topological polar surface area (TPSA) is 47.0 Å². The van der Waals surface area contributed by atoms with E-state index in [0.29, 0.717) is 6.54 Å². The van der Waals surface area contributed by atoms with E-state index < -0.39 is 17.4 Å². The molecule has 0 amide bonds. The van der Waals surface area contributed by atoms with Crippen LogP contribution in [0.4, 0.5) is 8.78 Å². The third-order valence-electron chi connectivity index (χ3n) is 4.66. The number of ether oxygens (including phenoxy) is 1. The van der Waals surface area contributed by atoms with Gasteiger partial charge in [-0.05, 0) is 55.2 Å². The Bertz CT molecular complexity index is 911.